The van der Waals surface area contributed by atoms with Crippen LogP contribution in [-0.4, -0.2) is 18.9 Å². The van der Waals surface area contributed by atoms with Crippen LogP contribution in [0, 0.1) is 0 Å². The Morgan fingerprint density at radius 1 is 1.00 bits per heavy atom. The molecule has 0 amide bonds. The lowest BCUT2D eigenvalue weighted by atomic mass is 10.1. The van der Waals surface area contributed by atoms with E-state index in [0.29, 0.717) is 39.3 Å². The van der Waals surface area contributed by atoms with Gasteiger partial charge in [-0.25, -0.2) is 4.79 Å². The van der Waals surface area contributed by atoms with Gasteiger partial charge in [-0.15, -0.1) is 0 Å². The van der Waals surface area contributed by atoms with Crippen LogP contribution >= 0.6 is 23.2 Å². The van der Waals surface area contributed by atoms with Crippen LogP contribution in [0.3, 0.4) is 0 Å². The van der Waals surface area contributed by atoms with Gasteiger partial charge in [-0.3, -0.25) is 4.79 Å². The summed E-state index contributed by atoms with van der Waals surface area (Å²) in [6.07, 6.45) is 1.62. The molecular weight excluding hydrogens is 439 g/mol. The number of hydrogen-bond donors (Lipinski definition) is 0. The lowest BCUT2D eigenvalue weighted by Gasteiger charge is -2.08. The average Bonchev–Trinajstić information content (AvgIpc) is 3.09. The van der Waals surface area contributed by atoms with Gasteiger partial charge in [0.1, 0.15) is 18.1 Å². The Bertz CT molecular complexity index is 1200. The zero-order valence-corrected chi connectivity index (χ0v) is 17.9. The van der Waals surface area contributed by atoms with Gasteiger partial charge < -0.3 is 14.2 Å². The lowest BCUT2D eigenvalue weighted by molar-refractivity contribution is 0.0600. The second-order valence-electron chi connectivity index (χ2n) is 6.75. The van der Waals surface area contributed by atoms with Gasteiger partial charge in [0.2, 0.25) is 5.78 Å². The van der Waals surface area contributed by atoms with E-state index < -0.39 is 5.97 Å². The van der Waals surface area contributed by atoms with Gasteiger partial charge >= 0.3 is 5.97 Å². The number of hydrogen-bond acceptors (Lipinski definition) is 5. The molecule has 1 aliphatic heterocycles. The minimum atomic E-state index is -0.423. The number of esters is 1. The summed E-state index contributed by atoms with van der Waals surface area (Å²) in [4.78, 5) is 24.2. The molecule has 0 N–H and O–H groups in total. The fraction of sp³-hybridized carbons (Fsp3) is 0.0833. The maximum atomic E-state index is 12.6. The second-order valence-corrected chi connectivity index (χ2v) is 7.56. The summed E-state index contributed by atoms with van der Waals surface area (Å²) >= 11 is 12.0. The Kier molecular flexibility index (Phi) is 5.98. The van der Waals surface area contributed by atoms with Crippen LogP contribution in [0.25, 0.3) is 6.08 Å². The summed E-state index contributed by atoms with van der Waals surface area (Å²) < 4.78 is 16.2. The van der Waals surface area contributed by atoms with Gasteiger partial charge in [0.15, 0.2) is 5.76 Å². The van der Waals surface area contributed by atoms with Crippen molar-refractivity contribution in [2.45, 2.75) is 6.61 Å². The highest BCUT2D eigenvalue weighted by Crippen LogP contribution is 2.35. The number of allylic oxidation sites excluding steroid dienone is 1. The molecule has 1 aliphatic rings. The smallest absolute Gasteiger partial charge is 0.337 e. The number of Topliss-reactive ketones (excluding diaryl/α,β-unsaturated/α-hetero) is 1. The highest BCUT2D eigenvalue weighted by Gasteiger charge is 2.27. The van der Waals surface area contributed by atoms with Crippen molar-refractivity contribution in [1.29, 1.82) is 0 Å². The Hall–Kier alpha value is -3.28. The molecular formula is C24H16Cl2O5. The van der Waals surface area contributed by atoms with Crippen LogP contribution in [-0.2, 0) is 11.3 Å². The maximum Gasteiger partial charge on any atom is 0.337 e. The molecule has 0 radical (unpaired) electrons. The fourth-order valence-electron chi connectivity index (χ4n) is 3.04. The van der Waals surface area contributed by atoms with Crippen LogP contribution < -0.4 is 9.47 Å². The Morgan fingerprint density at radius 2 is 1.77 bits per heavy atom. The van der Waals surface area contributed by atoms with Crippen LogP contribution in [0.15, 0.2) is 66.4 Å². The molecule has 0 bridgehead atoms. The van der Waals surface area contributed by atoms with Gasteiger partial charge in [-0.1, -0.05) is 41.4 Å². The summed E-state index contributed by atoms with van der Waals surface area (Å²) in [6.45, 7) is 0.291. The average molecular weight is 455 g/mol. The number of carbonyl (C=O) groups is 2. The normalized spacial score (nSPS) is 13.6. The summed E-state index contributed by atoms with van der Waals surface area (Å²) in [5.74, 6) is 0.536. The Morgan fingerprint density at radius 3 is 2.48 bits per heavy atom. The first-order chi connectivity index (χ1) is 14.9. The largest absolute Gasteiger partial charge is 0.489 e. The number of ether oxygens (including phenoxy) is 3. The van der Waals surface area contributed by atoms with Crippen LogP contribution in [0.1, 0.15) is 31.8 Å². The molecule has 3 aromatic carbocycles. The molecule has 1 heterocycles. The molecule has 156 valence electrons. The van der Waals surface area contributed by atoms with E-state index in [1.807, 2.05) is 6.07 Å². The molecule has 7 heteroatoms. The third-order valence-electron chi connectivity index (χ3n) is 4.66. The first kappa shape index (κ1) is 21.0. The first-order valence-electron chi connectivity index (χ1n) is 9.28. The third kappa shape index (κ3) is 4.58. The van der Waals surface area contributed by atoms with Crippen LogP contribution in [0.4, 0.5) is 0 Å². The molecule has 0 fully saturated rings. The fourth-order valence-corrected chi connectivity index (χ4v) is 3.36. The highest BCUT2D eigenvalue weighted by atomic mass is 35.5. The van der Waals surface area contributed by atoms with Crippen molar-refractivity contribution < 1.29 is 23.8 Å². The molecule has 0 aliphatic carbocycles. The van der Waals surface area contributed by atoms with E-state index in [2.05, 4.69) is 4.74 Å². The van der Waals surface area contributed by atoms with Gasteiger partial charge in [0.25, 0.3) is 0 Å². The van der Waals surface area contributed by atoms with E-state index >= 15 is 0 Å². The number of benzene rings is 3. The van der Waals surface area contributed by atoms with Crippen LogP contribution in [0.5, 0.6) is 11.5 Å². The molecule has 0 unspecified atom stereocenters. The van der Waals surface area contributed by atoms with Crippen molar-refractivity contribution in [2.24, 2.45) is 0 Å². The van der Waals surface area contributed by atoms with Crippen molar-refractivity contribution in [3.63, 3.8) is 0 Å². The van der Waals surface area contributed by atoms with Crippen molar-refractivity contribution in [3.05, 3.63) is 98.7 Å². The first-order valence-corrected chi connectivity index (χ1v) is 10.0. The van der Waals surface area contributed by atoms with Crippen LogP contribution in [0.2, 0.25) is 10.0 Å². The van der Waals surface area contributed by atoms with Gasteiger partial charge in [-0.05, 0) is 53.6 Å². The number of ketones is 1. The summed E-state index contributed by atoms with van der Waals surface area (Å²) in [6, 6.07) is 17.0. The zero-order chi connectivity index (χ0) is 22.0. The SMILES string of the molecule is COC(=O)c1ccc(C=C2Oc3cc(OCc4ccc(Cl)c(Cl)c4)ccc3C2=O)cc1. The molecule has 0 aromatic heterocycles. The van der Waals surface area contributed by atoms with E-state index in [-0.39, 0.29) is 11.5 Å². The Balaban J connectivity index is 1.48. The Labute approximate surface area is 188 Å². The third-order valence-corrected chi connectivity index (χ3v) is 5.40. The minimum Gasteiger partial charge on any atom is -0.489 e. The van der Waals surface area contributed by atoms with E-state index in [9.17, 15) is 9.59 Å². The molecule has 4 rings (SSSR count). The summed E-state index contributed by atoms with van der Waals surface area (Å²) in [5, 5.41) is 0.939. The van der Waals surface area contributed by atoms with E-state index in [4.69, 9.17) is 32.7 Å². The van der Waals surface area contributed by atoms with E-state index in [1.54, 1.807) is 60.7 Å². The van der Waals surface area contributed by atoms with Crippen molar-refractivity contribution in [1.82, 2.24) is 0 Å². The summed E-state index contributed by atoms with van der Waals surface area (Å²) in [5.41, 5.74) is 2.47. The molecule has 0 saturated carbocycles. The van der Waals surface area contributed by atoms with Crippen molar-refractivity contribution >= 4 is 41.0 Å². The topological polar surface area (TPSA) is 61.8 Å². The number of carbonyl (C=O) groups excluding carboxylic acids is 2. The monoisotopic (exact) mass is 454 g/mol. The lowest BCUT2D eigenvalue weighted by Crippen LogP contribution is -2.01. The summed E-state index contributed by atoms with van der Waals surface area (Å²) in [7, 11) is 1.32. The molecule has 0 atom stereocenters. The molecule has 0 spiro atoms. The highest BCUT2D eigenvalue weighted by molar-refractivity contribution is 6.42. The number of methoxy groups -OCH3 is 1. The van der Waals surface area contributed by atoms with Crippen molar-refractivity contribution in [2.75, 3.05) is 7.11 Å². The van der Waals surface area contributed by atoms with Gasteiger partial charge in [0.05, 0.1) is 28.3 Å². The van der Waals surface area contributed by atoms with Gasteiger partial charge in [0, 0.05) is 6.07 Å². The quantitative estimate of drug-likeness (QED) is 0.350. The van der Waals surface area contributed by atoms with E-state index in [1.165, 1.54) is 7.11 Å². The van der Waals surface area contributed by atoms with Gasteiger partial charge in [-0.2, -0.15) is 0 Å². The maximum absolute atomic E-state index is 12.6. The molecule has 31 heavy (non-hydrogen) atoms. The number of fused-ring (bicyclic) bond motifs is 1. The van der Waals surface area contributed by atoms with E-state index in [0.717, 1.165) is 11.1 Å². The number of rotatable bonds is 5. The standard InChI is InChI=1S/C24H16Cl2O5/c1-29-24(28)16-5-2-14(3-6-16)11-22-23(27)18-8-7-17(12-21(18)31-22)30-13-15-4-9-19(25)20(26)10-15/h2-12H,13H2,1H3. The number of halogens is 2. The predicted molar refractivity (Wildman–Crippen MR) is 118 cm³/mol. The molecule has 0 saturated heterocycles. The molecule has 5 nitrogen and oxygen atoms in total. The second kappa shape index (κ2) is 8.84. The van der Waals surface area contributed by atoms with Crippen molar-refractivity contribution in [3.8, 4) is 11.5 Å². The zero-order valence-electron chi connectivity index (χ0n) is 16.4. The predicted octanol–water partition coefficient (Wildman–Crippen LogP) is 5.98. The minimum absolute atomic E-state index is 0.197. The molecule has 3 aromatic rings.